The number of halogens is 1. The van der Waals surface area contributed by atoms with Crippen LogP contribution in [0, 0.1) is 11.7 Å². The third-order valence-electron chi connectivity index (χ3n) is 7.01. The minimum atomic E-state index is -0.309. The summed E-state index contributed by atoms with van der Waals surface area (Å²) in [6, 6.07) is 10.0. The number of furan rings is 1. The topological polar surface area (TPSA) is 77.6 Å². The van der Waals surface area contributed by atoms with Crippen LogP contribution in [0.5, 0.6) is 0 Å². The maximum atomic E-state index is 13.6. The minimum absolute atomic E-state index is 0.230. The van der Waals surface area contributed by atoms with Gasteiger partial charge in [0.2, 0.25) is 0 Å². The van der Waals surface area contributed by atoms with E-state index in [1.807, 2.05) is 6.33 Å². The number of aromatic nitrogens is 2. The van der Waals surface area contributed by atoms with Gasteiger partial charge in [0, 0.05) is 24.7 Å². The zero-order valence-electron chi connectivity index (χ0n) is 19.9. The van der Waals surface area contributed by atoms with Gasteiger partial charge >= 0.3 is 5.97 Å². The van der Waals surface area contributed by atoms with E-state index in [2.05, 4.69) is 9.55 Å². The van der Waals surface area contributed by atoms with Gasteiger partial charge in [-0.3, -0.25) is 9.59 Å². The number of ether oxygens (including phenoxy) is 1. The molecule has 2 fully saturated rings. The van der Waals surface area contributed by atoms with Crippen LogP contribution in [-0.2, 0) is 9.53 Å². The van der Waals surface area contributed by atoms with E-state index in [0.29, 0.717) is 43.6 Å². The molecule has 3 aromatic rings. The summed E-state index contributed by atoms with van der Waals surface area (Å²) in [5.41, 5.74) is 2.28. The van der Waals surface area contributed by atoms with Crippen LogP contribution in [0.4, 0.5) is 4.39 Å². The Morgan fingerprint density at radius 2 is 1.86 bits per heavy atom. The number of carbonyl (C=O) groups excluding carboxylic acids is 2. The van der Waals surface area contributed by atoms with Gasteiger partial charge < -0.3 is 18.6 Å². The lowest BCUT2D eigenvalue weighted by atomic mass is 9.98. The predicted octanol–water partition coefficient (Wildman–Crippen LogP) is 5.48. The lowest BCUT2D eigenvalue weighted by Gasteiger charge is -2.30. The van der Waals surface area contributed by atoms with E-state index in [-0.39, 0.29) is 29.4 Å². The molecule has 0 radical (unpaired) electrons. The molecule has 1 aromatic carbocycles. The Balaban J connectivity index is 1.44. The normalized spacial score (nSPS) is 18.7. The van der Waals surface area contributed by atoms with Crippen molar-refractivity contribution >= 4 is 11.9 Å². The number of nitrogens with zero attached hydrogens (tertiary/aromatic N) is 3. The number of carbonyl (C=O) groups is 2. The van der Waals surface area contributed by atoms with Crippen molar-refractivity contribution in [3.8, 4) is 22.7 Å². The molecule has 0 spiro atoms. The second-order valence-corrected chi connectivity index (χ2v) is 9.30. The van der Waals surface area contributed by atoms with Crippen LogP contribution in [0.3, 0.4) is 0 Å². The summed E-state index contributed by atoms with van der Waals surface area (Å²) in [5.74, 6) is -0.324. The van der Waals surface area contributed by atoms with Crippen molar-refractivity contribution in [2.75, 3.05) is 19.7 Å². The fourth-order valence-electron chi connectivity index (χ4n) is 5.23. The molecule has 5 rings (SSSR count). The van der Waals surface area contributed by atoms with E-state index in [0.717, 1.165) is 43.4 Å². The van der Waals surface area contributed by atoms with Crippen molar-refractivity contribution in [1.29, 1.82) is 0 Å². The summed E-state index contributed by atoms with van der Waals surface area (Å²) in [6.45, 7) is 3.01. The maximum Gasteiger partial charge on any atom is 0.310 e. The fourth-order valence-corrected chi connectivity index (χ4v) is 5.23. The number of piperidine rings is 1. The summed E-state index contributed by atoms with van der Waals surface area (Å²) in [7, 11) is 0. The van der Waals surface area contributed by atoms with Crippen molar-refractivity contribution in [3.63, 3.8) is 0 Å². The van der Waals surface area contributed by atoms with Gasteiger partial charge in [0.05, 0.1) is 24.5 Å². The largest absolute Gasteiger partial charge is 0.466 e. The first kappa shape index (κ1) is 23.3. The molecule has 1 aliphatic carbocycles. The summed E-state index contributed by atoms with van der Waals surface area (Å²) < 4.78 is 27.0. The zero-order valence-corrected chi connectivity index (χ0v) is 19.9. The number of imidazole rings is 1. The van der Waals surface area contributed by atoms with Gasteiger partial charge in [0.15, 0.2) is 11.5 Å². The molecule has 1 saturated heterocycles. The van der Waals surface area contributed by atoms with Gasteiger partial charge in [0.1, 0.15) is 11.5 Å². The van der Waals surface area contributed by atoms with Crippen LogP contribution < -0.4 is 0 Å². The summed E-state index contributed by atoms with van der Waals surface area (Å²) >= 11 is 0. The van der Waals surface area contributed by atoms with E-state index in [1.54, 1.807) is 36.1 Å². The van der Waals surface area contributed by atoms with Gasteiger partial charge in [-0.15, -0.1) is 0 Å². The third kappa shape index (κ3) is 4.74. The van der Waals surface area contributed by atoms with E-state index < -0.39 is 0 Å². The maximum absolute atomic E-state index is 13.6. The molecule has 2 aromatic heterocycles. The van der Waals surface area contributed by atoms with Crippen molar-refractivity contribution in [2.45, 2.75) is 51.5 Å². The molecule has 0 bridgehead atoms. The van der Waals surface area contributed by atoms with Crippen molar-refractivity contribution in [2.24, 2.45) is 5.92 Å². The molecule has 0 N–H and O–H groups in total. The summed E-state index contributed by atoms with van der Waals surface area (Å²) in [4.78, 5) is 31.8. The second-order valence-electron chi connectivity index (χ2n) is 9.30. The number of esters is 1. The van der Waals surface area contributed by atoms with Crippen molar-refractivity contribution < 1.29 is 23.1 Å². The highest BCUT2D eigenvalue weighted by atomic mass is 19.1. The highest BCUT2D eigenvalue weighted by Crippen LogP contribution is 2.39. The molecule has 1 amide bonds. The Labute approximate surface area is 203 Å². The van der Waals surface area contributed by atoms with Gasteiger partial charge in [-0.05, 0) is 69.0 Å². The van der Waals surface area contributed by atoms with Crippen LogP contribution in [0.2, 0.25) is 0 Å². The highest BCUT2D eigenvalue weighted by molar-refractivity contribution is 5.93. The first-order valence-corrected chi connectivity index (χ1v) is 12.4. The molecule has 184 valence electrons. The van der Waals surface area contributed by atoms with Crippen LogP contribution >= 0.6 is 0 Å². The molecule has 35 heavy (non-hydrogen) atoms. The van der Waals surface area contributed by atoms with Crippen molar-refractivity contribution in [1.82, 2.24) is 14.5 Å². The number of hydrogen-bond acceptors (Lipinski definition) is 5. The average molecular weight is 480 g/mol. The predicted molar refractivity (Wildman–Crippen MR) is 128 cm³/mol. The van der Waals surface area contributed by atoms with Crippen LogP contribution in [0.25, 0.3) is 22.7 Å². The molecule has 0 unspecified atom stereocenters. The summed E-state index contributed by atoms with van der Waals surface area (Å²) in [5, 5.41) is 0. The Morgan fingerprint density at radius 1 is 1.09 bits per heavy atom. The lowest BCUT2D eigenvalue weighted by Crippen LogP contribution is -2.42. The van der Waals surface area contributed by atoms with E-state index in [9.17, 15) is 14.0 Å². The number of likely N-dealkylation sites (tertiary alicyclic amines) is 1. The lowest BCUT2D eigenvalue weighted by molar-refractivity contribution is -0.149. The molecule has 8 heteroatoms. The molecular weight excluding hydrogens is 449 g/mol. The second kappa shape index (κ2) is 10.1. The molecule has 1 aliphatic heterocycles. The standard InChI is InChI=1S/C27H30FN3O4/c1-2-34-27(33)19-6-5-15-30(16-19)26(32)23-14-13-22(35-23)25-24(18-9-11-20(28)12-10-18)29-17-31(25)21-7-3-4-8-21/h9-14,17,19,21H,2-8,15-16H2,1H3/t19-/m0/s1. The minimum Gasteiger partial charge on any atom is -0.466 e. The van der Waals surface area contributed by atoms with Crippen molar-refractivity contribution in [3.05, 3.63) is 54.3 Å². The van der Waals surface area contributed by atoms with E-state index in [4.69, 9.17) is 9.15 Å². The quantitative estimate of drug-likeness (QED) is 0.438. The Hall–Kier alpha value is -3.42. The smallest absolute Gasteiger partial charge is 0.310 e. The molecule has 1 saturated carbocycles. The number of rotatable bonds is 6. The Morgan fingerprint density at radius 3 is 2.60 bits per heavy atom. The first-order chi connectivity index (χ1) is 17.0. The molecular formula is C27H30FN3O4. The average Bonchev–Trinajstić information content (AvgIpc) is 3.64. The van der Waals surface area contributed by atoms with Crippen LogP contribution in [0.15, 0.2) is 47.1 Å². The molecule has 7 nitrogen and oxygen atoms in total. The number of hydrogen-bond donors (Lipinski definition) is 0. The number of amides is 1. The molecule has 3 heterocycles. The monoisotopic (exact) mass is 479 g/mol. The van der Waals surface area contributed by atoms with Crippen LogP contribution in [-0.4, -0.2) is 46.0 Å². The number of benzene rings is 1. The first-order valence-electron chi connectivity index (χ1n) is 12.4. The molecule has 1 atom stereocenters. The van der Waals surface area contributed by atoms with Crippen LogP contribution in [0.1, 0.15) is 62.0 Å². The summed E-state index contributed by atoms with van der Waals surface area (Å²) in [6.07, 6.45) is 7.71. The Bertz CT molecular complexity index is 1190. The van der Waals surface area contributed by atoms with E-state index in [1.165, 1.54) is 12.1 Å². The van der Waals surface area contributed by atoms with Gasteiger partial charge in [-0.1, -0.05) is 12.8 Å². The fraction of sp³-hybridized carbons (Fsp3) is 0.444. The SMILES string of the molecule is CCOC(=O)[C@H]1CCCN(C(=O)c2ccc(-c3c(-c4ccc(F)cc4)ncn3C3CCCC3)o2)C1. The van der Waals surface area contributed by atoms with Gasteiger partial charge in [-0.2, -0.15) is 0 Å². The van der Waals surface area contributed by atoms with Gasteiger partial charge in [-0.25, -0.2) is 9.37 Å². The molecule has 2 aliphatic rings. The third-order valence-corrected chi connectivity index (χ3v) is 7.01. The zero-order chi connectivity index (χ0) is 24.4. The Kier molecular flexibility index (Phi) is 6.70. The van der Waals surface area contributed by atoms with E-state index >= 15 is 0 Å². The van der Waals surface area contributed by atoms with Gasteiger partial charge in [0.25, 0.3) is 5.91 Å². The highest BCUT2D eigenvalue weighted by Gasteiger charge is 2.32.